The van der Waals surface area contributed by atoms with Gasteiger partial charge in [-0.3, -0.25) is 29.8 Å². The van der Waals surface area contributed by atoms with Crippen molar-refractivity contribution >= 4 is 45.6 Å². The van der Waals surface area contributed by atoms with E-state index in [-0.39, 0.29) is 16.9 Å². The van der Waals surface area contributed by atoms with E-state index in [4.69, 9.17) is 12.2 Å². The second kappa shape index (κ2) is 6.19. The van der Waals surface area contributed by atoms with Gasteiger partial charge in [-0.1, -0.05) is 6.92 Å². The Morgan fingerprint density at radius 2 is 2.14 bits per heavy atom. The highest BCUT2D eigenvalue weighted by atomic mass is 32.1. The van der Waals surface area contributed by atoms with Gasteiger partial charge in [0.25, 0.3) is 11.5 Å². The molecule has 0 aliphatic rings. The van der Waals surface area contributed by atoms with Crippen LogP contribution in [0, 0.1) is 4.77 Å². The number of carbonyl (C=O) groups excluding carboxylic acids is 2. The molecule has 7 nitrogen and oxygen atoms in total. The van der Waals surface area contributed by atoms with Crippen molar-refractivity contribution in [2.45, 2.75) is 26.8 Å². The number of aryl methyl sites for hydroxylation is 1. The molecule has 0 aromatic carbocycles. The Bertz CT molecular complexity index is 818. The molecule has 112 valence electrons. The van der Waals surface area contributed by atoms with Crippen molar-refractivity contribution in [3.63, 3.8) is 0 Å². The van der Waals surface area contributed by atoms with Gasteiger partial charge >= 0.3 is 0 Å². The number of hydrazine groups is 1. The average molecular weight is 326 g/mol. The van der Waals surface area contributed by atoms with Crippen molar-refractivity contribution in [3.8, 4) is 0 Å². The molecule has 3 N–H and O–H groups in total. The molecule has 0 bridgehead atoms. The van der Waals surface area contributed by atoms with Crippen molar-refractivity contribution in [2.75, 3.05) is 0 Å². The minimum atomic E-state index is -0.530. The first kappa shape index (κ1) is 15.4. The molecule has 0 saturated heterocycles. The van der Waals surface area contributed by atoms with E-state index in [2.05, 4.69) is 15.8 Å². The Morgan fingerprint density at radius 3 is 2.76 bits per heavy atom. The summed E-state index contributed by atoms with van der Waals surface area (Å²) in [5, 5.41) is 0.512. The van der Waals surface area contributed by atoms with Gasteiger partial charge in [-0.15, -0.1) is 11.3 Å². The molecule has 2 rings (SSSR count). The van der Waals surface area contributed by atoms with Crippen LogP contribution in [0.15, 0.2) is 10.9 Å². The molecule has 0 radical (unpaired) electrons. The van der Waals surface area contributed by atoms with Crippen molar-refractivity contribution < 1.29 is 9.59 Å². The van der Waals surface area contributed by atoms with E-state index in [1.165, 1.54) is 22.8 Å². The van der Waals surface area contributed by atoms with E-state index < -0.39 is 11.8 Å². The predicted octanol–water partition coefficient (Wildman–Crippen LogP) is 0.850. The van der Waals surface area contributed by atoms with E-state index in [1.54, 1.807) is 6.07 Å². The standard InChI is InChI=1S/C12H14N4O3S2/c1-3-7-4-8-10(21-7)13-12(20)16(11(8)19)5-9(18)15-14-6(2)17/h4H,3,5H2,1-2H3,(H,13,20)(H,14,17)(H,15,18). The van der Waals surface area contributed by atoms with Gasteiger partial charge in [0.1, 0.15) is 11.4 Å². The van der Waals surface area contributed by atoms with E-state index in [0.717, 1.165) is 11.3 Å². The molecular formula is C12H14N4O3S2. The van der Waals surface area contributed by atoms with Crippen LogP contribution in [0.5, 0.6) is 0 Å². The maximum atomic E-state index is 12.4. The molecule has 21 heavy (non-hydrogen) atoms. The van der Waals surface area contributed by atoms with Crippen molar-refractivity contribution in [3.05, 3.63) is 26.1 Å². The van der Waals surface area contributed by atoms with Crippen LogP contribution in [-0.4, -0.2) is 21.4 Å². The Balaban J connectivity index is 2.36. The lowest BCUT2D eigenvalue weighted by molar-refractivity contribution is -0.128. The van der Waals surface area contributed by atoms with Crippen LogP contribution in [0.25, 0.3) is 10.2 Å². The maximum Gasteiger partial charge on any atom is 0.263 e. The van der Waals surface area contributed by atoms with Crippen LogP contribution in [0.1, 0.15) is 18.7 Å². The van der Waals surface area contributed by atoms with Crippen molar-refractivity contribution in [1.29, 1.82) is 0 Å². The summed E-state index contributed by atoms with van der Waals surface area (Å²) in [6, 6.07) is 1.80. The molecular weight excluding hydrogens is 312 g/mol. The summed E-state index contributed by atoms with van der Waals surface area (Å²) in [6.45, 7) is 3.00. The van der Waals surface area contributed by atoms with Gasteiger partial charge in [0.2, 0.25) is 5.91 Å². The largest absolute Gasteiger partial charge is 0.323 e. The lowest BCUT2D eigenvalue weighted by Crippen LogP contribution is -2.43. The number of carbonyl (C=O) groups is 2. The van der Waals surface area contributed by atoms with Crippen LogP contribution in [-0.2, 0) is 22.6 Å². The zero-order chi connectivity index (χ0) is 15.6. The summed E-state index contributed by atoms with van der Waals surface area (Å²) in [7, 11) is 0. The lowest BCUT2D eigenvalue weighted by Gasteiger charge is -2.07. The number of rotatable bonds is 3. The monoisotopic (exact) mass is 326 g/mol. The molecule has 0 aliphatic heterocycles. The minimum absolute atomic E-state index is 0.176. The fourth-order valence-electron chi connectivity index (χ4n) is 1.75. The third kappa shape index (κ3) is 3.37. The summed E-state index contributed by atoms with van der Waals surface area (Å²) in [5.74, 6) is -0.932. The zero-order valence-electron chi connectivity index (χ0n) is 11.5. The molecule has 0 atom stereocenters. The Morgan fingerprint density at radius 1 is 1.43 bits per heavy atom. The fraction of sp³-hybridized carbons (Fsp3) is 0.333. The van der Waals surface area contributed by atoms with E-state index >= 15 is 0 Å². The molecule has 0 fully saturated rings. The topological polar surface area (TPSA) is 96.0 Å². The Hall–Kier alpha value is -2.00. The number of nitrogens with zero attached hydrogens (tertiary/aromatic N) is 1. The first-order valence-corrected chi connectivity index (χ1v) is 7.45. The molecule has 0 unspecified atom stereocenters. The summed E-state index contributed by atoms with van der Waals surface area (Å²) in [6.07, 6.45) is 0.822. The van der Waals surface area contributed by atoms with Crippen LogP contribution in [0.3, 0.4) is 0 Å². The Labute approximate surface area is 129 Å². The van der Waals surface area contributed by atoms with Gasteiger partial charge in [-0.2, -0.15) is 0 Å². The van der Waals surface area contributed by atoms with E-state index in [1.807, 2.05) is 6.92 Å². The molecule has 2 heterocycles. The summed E-state index contributed by atoms with van der Waals surface area (Å²) < 4.78 is 1.34. The van der Waals surface area contributed by atoms with Gasteiger partial charge < -0.3 is 4.98 Å². The molecule has 9 heteroatoms. The maximum absolute atomic E-state index is 12.4. The second-order valence-corrected chi connectivity index (χ2v) is 5.88. The summed E-state index contributed by atoms with van der Waals surface area (Å²) in [5.41, 5.74) is 4.04. The summed E-state index contributed by atoms with van der Waals surface area (Å²) >= 11 is 6.59. The third-order valence-electron chi connectivity index (χ3n) is 2.75. The van der Waals surface area contributed by atoms with Gasteiger partial charge in [-0.05, 0) is 24.7 Å². The quantitative estimate of drug-likeness (QED) is 0.575. The Kier molecular flexibility index (Phi) is 4.53. The van der Waals surface area contributed by atoms with E-state index in [0.29, 0.717) is 10.2 Å². The third-order valence-corrected chi connectivity index (χ3v) is 4.27. The smallest absolute Gasteiger partial charge is 0.263 e. The van der Waals surface area contributed by atoms with Crippen molar-refractivity contribution in [2.24, 2.45) is 0 Å². The van der Waals surface area contributed by atoms with Crippen LogP contribution < -0.4 is 16.4 Å². The number of H-pyrrole nitrogens is 1. The molecule has 0 spiro atoms. The van der Waals surface area contributed by atoms with Crippen LogP contribution in [0.2, 0.25) is 0 Å². The van der Waals surface area contributed by atoms with E-state index in [9.17, 15) is 14.4 Å². The molecule has 0 saturated carbocycles. The van der Waals surface area contributed by atoms with Gasteiger partial charge in [0.05, 0.1) is 5.39 Å². The highest BCUT2D eigenvalue weighted by molar-refractivity contribution is 7.71. The van der Waals surface area contributed by atoms with Crippen LogP contribution in [0.4, 0.5) is 0 Å². The minimum Gasteiger partial charge on any atom is -0.323 e. The second-order valence-electron chi connectivity index (χ2n) is 4.36. The number of amides is 2. The number of fused-ring (bicyclic) bond motifs is 1. The number of thiophene rings is 1. The fourth-order valence-corrected chi connectivity index (χ4v) is 3.06. The van der Waals surface area contributed by atoms with Gasteiger partial charge in [-0.25, -0.2) is 0 Å². The number of nitrogens with one attached hydrogen (secondary N) is 3. The molecule has 0 aliphatic carbocycles. The highest BCUT2D eigenvalue weighted by Crippen LogP contribution is 2.21. The summed E-state index contributed by atoms with van der Waals surface area (Å²) in [4.78, 5) is 39.5. The zero-order valence-corrected chi connectivity index (χ0v) is 13.1. The number of aromatic nitrogens is 2. The normalized spacial score (nSPS) is 10.6. The van der Waals surface area contributed by atoms with Crippen LogP contribution >= 0.6 is 23.6 Å². The van der Waals surface area contributed by atoms with Crippen molar-refractivity contribution in [1.82, 2.24) is 20.4 Å². The van der Waals surface area contributed by atoms with Gasteiger partial charge in [0, 0.05) is 11.8 Å². The molecule has 2 aromatic heterocycles. The molecule has 2 amide bonds. The first-order valence-electron chi connectivity index (χ1n) is 6.23. The van der Waals surface area contributed by atoms with Gasteiger partial charge in [0.15, 0.2) is 4.77 Å². The number of hydrogen-bond acceptors (Lipinski definition) is 5. The lowest BCUT2D eigenvalue weighted by atomic mass is 10.3. The number of aromatic amines is 1. The number of hydrogen-bond donors (Lipinski definition) is 3. The highest BCUT2D eigenvalue weighted by Gasteiger charge is 2.12. The first-order chi connectivity index (χ1) is 9.92. The predicted molar refractivity (Wildman–Crippen MR) is 82.6 cm³/mol. The average Bonchev–Trinajstić information content (AvgIpc) is 2.84. The molecule has 2 aromatic rings. The SMILES string of the molecule is CCc1cc2c(=O)n(CC(=O)NNC(C)=O)c(=S)[nH]c2s1.